The van der Waals surface area contributed by atoms with Crippen molar-refractivity contribution in [2.45, 2.75) is 187 Å². The first-order valence-electron chi connectivity index (χ1n) is 26.1. The third-order valence-electron chi connectivity index (χ3n) is 15.0. The van der Waals surface area contributed by atoms with Crippen LogP contribution in [0.5, 0.6) is 0 Å². The van der Waals surface area contributed by atoms with Crippen LogP contribution < -0.4 is 26.6 Å². The van der Waals surface area contributed by atoms with Gasteiger partial charge in [0, 0.05) is 45.1 Å². The van der Waals surface area contributed by atoms with Crippen molar-refractivity contribution in [1.82, 2.24) is 36.4 Å². The zero-order valence-electron chi connectivity index (χ0n) is 44.5. The maximum atomic E-state index is 14.1. The highest BCUT2D eigenvalue weighted by Crippen LogP contribution is 2.37. The molecule has 2 aromatic rings. The van der Waals surface area contributed by atoms with E-state index in [9.17, 15) is 28.8 Å². The lowest BCUT2D eigenvalue weighted by atomic mass is 9.85. The van der Waals surface area contributed by atoms with Gasteiger partial charge in [0.05, 0.1) is 30.3 Å². The Morgan fingerprint density at radius 2 is 1.03 bits per heavy atom. The van der Waals surface area contributed by atoms with Gasteiger partial charge in [0.2, 0.25) is 35.4 Å². The van der Waals surface area contributed by atoms with Crippen molar-refractivity contribution in [3.8, 4) is 0 Å². The van der Waals surface area contributed by atoms with Gasteiger partial charge in [-0.15, -0.1) is 24.8 Å². The third kappa shape index (κ3) is 14.7. The Labute approximate surface area is 441 Å². The summed E-state index contributed by atoms with van der Waals surface area (Å²) in [4.78, 5) is 85.6. The number of hydrogen-bond acceptors (Lipinski definition) is 9. The molecule has 0 saturated carbocycles. The summed E-state index contributed by atoms with van der Waals surface area (Å²) in [5.41, 5.74) is 3.24. The summed E-state index contributed by atoms with van der Waals surface area (Å²) >= 11 is 0. The number of carbonyl (C=O) groups excluding carboxylic acids is 6. The third-order valence-corrected chi connectivity index (χ3v) is 15.0. The number of halogens is 2. The highest BCUT2D eigenvalue weighted by atomic mass is 35.5. The topological polar surface area (TPSA) is 188 Å². The van der Waals surface area contributed by atoms with Gasteiger partial charge in [0.1, 0.15) is 24.2 Å². The Kier molecular flexibility index (Phi) is 22.4. The smallest absolute Gasteiger partial charge is 0.246 e. The molecule has 6 amide bonds. The minimum atomic E-state index is -0.790. The molecule has 0 spiro atoms. The molecule has 15 nitrogen and oxygen atoms in total. The molecule has 0 aromatic heterocycles. The summed E-state index contributed by atoms with van der Waals surface area (Å²) in [7, 11) is 1.70. The van der Waals surface area contributed by atoms with E-state index in [2.05, 4.69) is 38.7 Å². The van der Waals surface area contributed by atoms with Gasteiger partial charge in [0.15, 0.2) is 0 Å². The Morgan fingerprint density at radius 1 is 0.625 bits per heavy atom. The molecule has 0 radical (unpaired) electrons. The molecule has 2 aliphatic heterocycles. The second-order valence-corrected chi connectivity index (χ2v) is 22.3. The minimum absolute atomic E-state index is 0. The molecule has 0 unspecified atom stereocenters. The number of likely N-dealkylation sites (N-methyl/N-ethyl adjacent to an activating group) is 1. The molecule has 10 atom stereocenters. The molecular weight excluding hydrogens is 958 g/mol. The van der Waals surface area contributed by atoms with Gasteiger partial charge >= 0.3 is 0 Å². The van der Waals surface area contributed by atoms with Gasteiger partial charge in [-0.25, -0.2) is 0 Å². The number of benzene rings is 2. The number of rotatable bonds is 21. The molecule has 72 heavy (non-hydrogen) atoms. The number of amides is 6. The van der Waals surface area contributed by atoms with Crippen LogP contribution in [0, 0.1) is 16.7 Å². The summed E-state index contributed by atoms with van der Waals surface area (Å²) in [5, 5.41) is 15.5. The van der Waals surface area contributed by atoms with Crippen molar-refractivity contribution in [2.24, 2.45) is 16.7 Å². The van der Waals surface area contributed by atoms with E-state index < -0.39 is 41.0 Å². The maximum Gasteiger partial charge on any atom is 0.246 e. The fraction of sp³-hybridized carbons (Fsp3) is 0.673. The van der Waals surface area contributed by atoms with E-state index in [4.69, 9.17) is 9.47 Å². The number of carbonyl (C=O) groups is 6. The Balaban J connectivity index is 0.00000562. The molecule has 402 valence electrons. The van der Waals surface area contributed by atoms with Crippen LogP contribution in [0.1, 0.15) is 154 Å². The lowest BCUT2D eigenvalue weighted by molar-refractivity contribution is -0.144. The Bertz CT molecular complexity index is 2020. The fourth-order valence-corrected chi connectivity index (χ4v) is 10.4. The van der Waals surface area contributed by atoms with E-state index in [-0.39, 0.29) is 90.5 Å². The van der Waals surface area contributed by atoms with Crippen molar-refractivity contribution in [1.29, 1.82) is 0 Å². The predicted octanol–water partition coefficient (Wildman–Crippen LogP) is 6.69. The first-order valence-corrected chi connectivity index (χ1v) is 26.1. The van der Waals surface area contributed by atoms with E-state index in [1.165, 1.54) is 0 Å². The summed E-state index contributed by atoms with van der Waals surface area (Å²) in [5.74, 6) is -1.51. The second-order valence-electron chi connectivity index (χ2n) is 22.3. The van der Waals surface area contributed by atoms with E-state index in [0.717, 1.165) is 47.9 Å². The van der Waals surface area contributed by atoms with Gasteiger partial charge in [-0.1, -0.05) is 117 Å². The summed E-state index contributed by atoms with van der Waals surface area (Å²) in [6, 6.07) is 12.2. The van der Waals surface area contributed by atoms with E-state index in [1.807, 2.05) is 91.8 Å². The van der Waals surface area contributed by atoms with E-state index in [0.29, 0.717) is 71.2 Å². The highest BCUT2D eigenvalue weighted by Gasteiger charge is 2.46. The van der Waals surface area contributed by atoms with E-state index >= 15 is 0 Å². The molecule has 17 heteroatoms. The molecule has 2 heterocycles. The van der Waals surface area contributed by atoms with Crippen molar-refractivity contribution in [3.05, 3.63) is 70.8 Å². The summed E-state index contributed by atoms with van der Waals surface area (Å²) in [6.07, 6.45) is 7.58. The predicted molar refractivity (Wildman–Crippen MR) is 285 cm³/mol. The van der Waals surface area contributed by atoms with Crippen LogP contribution in [0.4, 0.5) is 0 Å². The molecule has 2 aromatic carbocycles. The molecule has 2 aliphatic carbocycles. The van der Waals surface area contributed by atoms with E-state index in [1.54, 1.807) is 23.8 Å². The molecule has 4 aliphatic rings. The van der Waals surface area contributed by atoms with Crippen LogP contribution in [0.2, 0.25) is 0 Å². The SMILES string of the molecule is CC[C@@H](C)C(=O)N[C@H](C(=O)N1CCC[C@H]1C(=O)N[C@H]1c2ccccc2C[C@H]1OCCCCCCO[C@@H]1Cc2ccccc2[C@@H]1NC(=O)[C@@H]1CCCN1C(=O)[C@@H](NC(=O)[C@H](C)NC)C(C)(C)C)C(C)(C)C.Cl.Cl. The highest BCUT2D eigenvalue weighted by molar-refractivity contribution is 5.95. The molecule has 5 N–H and O–H groups in total. The van der Waals surface area contributed by atoms with Crippen LogP contribution in [0.15, 0.2) is 48.5 Å². The lowest BCUT2D eigenvalue weighted by Gasteiger charge is -2.36. The number of fused-ring (bicyclic) bond motifs is 2. The van der Waals surface area contributed by atoms with Crippen molar-refractivity contribution in [2.75, 3.05) is 33.4 Å². The Hall–Kier alpha value is -4.28. The molecular formula is C55H85Cl2N7O8. The second kappa shape index (κ2) is 26.8. The maximum absolute atomic E-state index is 14.1. The van der Waals surface area contributed by atoms with Gasteiger partial charge < -0.3 is 45.9 Å². The van der Waals surface area contributed by atoms with Gasteiger partial charge in [-0.3, -0.25) is 28.8 Å². The monoisotopic (exact) mass is 1040 g/mol. The van der Waals surface area contributed by atoms with Crippen LogP contribution >= 0.6 is 24.8 Å². The van der Waals surface area contributed by atoms with Crippen LogP contribution in [0.25, 0.3) is 0 Å². The number of unbranched alkanes of at least 4 members (excludes halogenated alkanes) is 3. The first-order chi connectivity index (χ1) is 33.2. The number of hydrogen-bond donors (Lipinski definition) is 5. The molecule has 2 fully saturated rings. The number of likely N-dealkylation sites (tertiary alicyclic amines) is 2. The molecule has 6 rings (SSSR count). The zero-order chi connectivity index (χ0) is 50.9. The Morgan fingerprint density at radius 3 is 1.42 bits per heavy atom. The van der Waals surface area contributed by atoms with Crippen LogP contribution in [0.3, 0.4) is 0 Å². The molecule has 0 bridgehead atoms. The summed E-state index contributed by atoms with van der Waals surface area (Å²) < 4.78 is 13.1. The number of ether oxygens (including phenoxy) is 2. The standard InChI is InChI=1S/C55H83N7O8.2ClH/c1-11-34(2)48(63)59-46(54(4,5)6)52(67)61-28-20-26-40(61)50(65)57-44-38-24-16-14-22-36(38)32-42(44)69-30-18-12-13-19-31-70-43-33-37-23-15-17-25-39(37)45(43)58-51(66)41-27-21-29-62(41)53(68)47(55(7,8)9)60-49(64)35(3)56-10;;/h14-17,22-25,34-35,40-47,56H,11-13,18-21,26-33H2,1-10H3,(H,57,65)(H,58,66)(H,59,63)(H,60,64);2*1H/t34-,35+,40+,41+,42-,43-,44+,45+,46-,47-;;/m1../s1. The average molecular weight is 1040 g/mol. The van der Waals surface area contributed by atoms with Gasteiger partial charge in [0.25, 0.3) is 0 Å². The normalized spacial score (nSPS) is 23.1. The fourth-order valence-electron chi connectivity index (χ4n) is 10.4. The lowest BCUT2D eigenvalue weighted by Crippen LogP contribution is -2.59. The van der Waals surface area contributed by atoms with Crippen molar-refractivity contribution < 1.29 is 38.2 Å². The van der Waals surface area contributed by atoms with Crippen LogP contribution in [-0.2, 0) is 51.1 Å². The largest absolute Gasteiger partial charge is 0.375 e. The average Bonchev–Trinajstić information content (AvgIpc) is 4.15. The minimum Gasteiger partial charge on any atom is -0.375 e. The van der Waals surface area contributed by atoms with Gasteiger partial charge in [-0.2, -0.15) is 0 Å². The van der Waals surface area contributed by atoms with Crippen LogP contribution in [-0.4, -0.2) is 121 Å². The van der Waals surface area contributed by atoms with Gasteiger partial charge in [-0.05, 0) is 92.0 Å². The van der Waals surface area contributed by atoms with Crippen molar-refractivity contribution >= 4 is 60.3 Å². The number of nitrogens with one attached hydrogen (secondary N) is 5. The molecule has 2 saturated heterocycles. The number of nitrogens with zero attached hydrogens (tertiary/aromatic N) is 2. The summed E-state index contributed by atoms with van der Waals surface area (Å²) in [6.45, 7) is 19.1. The van der Waals surface area contributed by atoms with Crippen molar-refractivity contribution in [3.63, 3.8) is 0 Å². The quantitative estimate of drug-likeness (QED) is 0.0850. The first kappa shape index (κ1) is 60.3. The zero-order valence-corrected chi connectivity index (χ0v) is 46.1.